The lowest BCUT2D eigenvalue weighted by molar-refractivity contribution is -0.120. The summed E-state index contributed by atoms with van der Waals surface area (Å²) in [6.07, 6.45) is 2.67. The highest BCUT2D eigenvalue weighted by Crippen LogP contribution is 2.31. The Morgan fingerprint density at radius 2 is 1.87 bits per heavy atom. The van der Waals surface area contributed by atoms with Crippen LogP contribution in [-0.2, 0) is 21.2 Å². The Bertz CT molecular complexity index is 1150. The van der Waals surface area contributed by atoms with E-state index >= 15 is 0 Å². The number of amides is 1. The fraction of sp³-hybridized carbons (Fsp3) is 0.227. The summed E-state index contributed by atoms with van der Waals surface area (Å²) in [5.74, 6) is -1.17. The molecule has 1 amide bonds. The molecule has 1 aliphatic rings. The Hall–Kier alpha value is -2.71. The van der Waals surface area contributed by atoms with Crippen LogP contribution in [0.25, 0.3) is 0 Å². The second-order valence-corrected chi connectivity index (χ2v) is 10.1. The first-order chi connectivity index (χ1) is 14.5. The van der Waals surface area contributed by atoms with Crippen molar-refractivity contribution in [1.29, 1.82) is 0 Å². The number of carbonyl (C=O) groups is 1. The standard InChI is InChI=1S/C22H21FN2O3S2/c23-18-10-3-4-12-20(18)25(30(27,28)22-13-6-14-29-22)15-21(26)24-19-11-5-8-16-7-1-2-9-17(16)19/h1-4,6-7,9-10,12-14,19H,5,8,11,15H2,(H,24,26)/t19-/m0/s1. The van der Waals surface area contributed by atoms with Gasteiger partial charge in [0.15, 0.2) is 0 Å². The maximum atomic E-state index is 14.5. The molecule has 0 bridgehead atoms. The maximum absolute atomic E-state index is 14.5. The van der Waals surface area contributed by atoms with Crippen LogP contribution in [-0.4, -0.2) is 20.9 Å². The van der Waals surface area contributed by atoms with E-state index in [1.54, 1.807) is 17.5 Å². The van der Waals surface area contributed by atoms with Crippen LogP contribution in [0.1, 0.15) is 30.0 Å². The highest BCUT2D eigenvalue weighted by Gasteiger charge is 2.31. The summed E-state index contributed by atoms with van der Waals surface area (Å²) in [5, 5.41) is 4.58. The number of rotatable bonds is 6. The van der Waals surface area contributed by atoms with E-state index < -0.39 is 28.3 Å². The molecule has 0 saturated heterocycles. The molecule has 0 fully saturated rings. The minimum absolute atomic E-state index is 0.0570. The SMILES string of the molecule is O=C(CN(c1ccccc1F)S(=O)(=O)c1cccs1)N[C@H]1CCCc2ccccc21. The fourth-order valence-corrected chi connectivity index (χ4v) is 6.28. The lowest BCUT2D eigenvalue weighted by Crippen LogP contribution is -2.42. The van der Waals surface area contributed by atoms with E-state index in [2.05, 4.69) is 5.32 Å². The molecule has 0 spiro atoms. The second kappa shape index (κ2) is 8.57. The molecular weight excluding hydrogens is 423 g/mol. The van der Waals surface area contributed by atoms with Crippen LogP contribution in [0.4, 0.5) is 10.1 Å². The lowest BCUT2D eigenvalue weighted by Gasteiger charge is -2.28. The van der Waals surface area contributed by atoms with Crippen molar-refractivity contribution < 1.29 is 17.6 Å². The number of hydrogen-bond acceptors (Lipinski definition) is 4. The summed E-state index contributed by atoms with van der Waals surface area (Å²) < 4.78 is 41.7. The molecule has 1 atom stereocenters. The number of aryl methyl sites for hydroxylation is 1. The zero-order chi connectivity index (χ0) is 21.1. The van der Waals surface area contributed by atoms with Crippen molar-refractivity contribution in [2.45, 2.75) is 29.5 Å². The number of halogens is 1. The molecule has 1 N–H and O–H groups in total. The predicted octanol–water partition coefficient (Wildman–Crippen LogP) is 4.28. The molecule has 8 heteroatoms. The zero-order valence-electron chi connectivity index (χ0n) is 16.1. The number of sulfonamides is 1. The van der Waals surface area contributed by atoms with Gasteiger partial charge in [0, 0.05) is 0 Å². The maximum Gasteiger partial charge on any atom is 0.274 e. The van der Waals surface area contributed by atoms with Crippen molar-refractivity contribution in [2.75, 3.05) is 10.8 Å². The molecule has 0 unspecified atom stereocenters. The Balaban J connectivity index is 1.62. The van der Waals surface area contributed by atoms with Gasteiger partial charge in [-0.05, 0) is 54.0 Å². The molecule has 0 aliphatic heterocycles. The third-order valence-electron chi connectivity index (χ3n) is 5.15. The molecule has 156 valence electrons. The molecule has 3 aromatic rings. The topological polar surface area (TPSA) is 66.5 Å². The third kappa shape index (κ3) is 4.11. The summed E-state index contributed by atoms with van der Waals surface area (Å²) in [4.78, 5) is 12.9. The first-order valence-electron chi connectivity index (χ1n) is 9.65. The number of anilines is 1. The van der Waals surface area contributed by atoms with Gasteiger partial charge in [-0.1, -0.05) is 42.5 Å². The average molecular weight is 445 g/mol. The van der Waals surface area contributed by atoms with Crippen LogP contribution in [0, 0.1) is 5.82 Å². The number of carbonyl (C=O) groups excluding carboxylic acids is 1. The Kier molecular flexibility index (Phi) is 5.87. The van der Waals surface area contributed by atoms with Crippen LogP contribution >= 0.6 is 11.3 Å². The van der Waals surface area contributed by atoms with E-state index in [0.29, 0.717) is 0 Å². The number of benzene rings is 2. The van der Waals surface area contributed by atoms with Gasteiger partial charge in [0.05, 0.1) is 11.7 Å². The highest BCUT2D eigenvalue weighted by atomic mass is 32.2. The van der Waals surface area contributed by atoms with Gasteiger partial charge < -0.3 is 5.32 Å². The van der Waals surface area contributed by atoms with E-state index in [0.717, 1.165) is 40.5 Å². The van der Waals surface area contributed by atoms with Crippen molar-refractivity contribution in [2.24, 2.45) is 0 Å². The van der Waals surface area contributed by atoms with Crippen molar-refractivity contribution in [1.82, 2.24) is 5.32 Å². The van der Waals surface area contributed by atoms with Crippen LogP contribution in [0.2, 0.25) is 0 Å². The fourth-order valence-electron chi connectivity index (χ4n) is 3.75. The van der Waals surface area contributed by atoms with Crippen LogP contribution in [0.15, 0.2) is 70.3 Å². The van der Waals surface area contributed by atoms with Gasteiger partial charge in [-0.2, -0.15) is 0 Å². The molecule has 1 heterocycles. The largest absolute Gasteiger partial charge is 0.348 e. The van der Waals surface area contributed by atoms with Crippen LogP contribution < -0.4 is 9.62 Å². The van der Waals surface area contributed by atoms with Crippen molar-refractivity contribution in [3.05, 3.63) is 83.0 Å². The molecule has 1 aromatic heterocycles. The quantitative estimate of drug-likeness (QED) is 0.617. The van der Waals surface area contributed by atoms with Gasteiger partial charge in [0.25, 0.3) is 10.0 Å². The minimum atomic E-state index is -4.08. The van der Waals surface area contributed by atoms with E-state index in [-0.39, 0.29) is 15.9 Å². The highest BCUT2D eigenvalue weighted by molar-refractivity contribution is 7.94. The van der Waals surface area contributed by atoms with Gasteiger partial charge in [-0.25, -0.2) is 12.8 Å². The van der Waals surface area contributed by atoms with Crippen LogP contribution in [0.5, 0.6) is 0 Å². The summed E-state index contributed by atoms with van der Waals surface area (Å²) in [6, 6.07) is 16.4. The molecule has 0 radical (unpaired) electrons. The molecule has 5 nitrogen and oxygen atoms in total. The minimum Gasteiger partial charge on any atom is -0.348 e. The Morgan fingerprint density at radius 1 is 1.10 bits per heavy atom. The summed E-state index contributed by atoms with van der Waals surface area (Å²) in [7, 11) is -4.08. The van der Waals surface area contributed by atoms with Crippen molar-refractivity contribution >= 4 is 33.0 Å². The number of thiophene rings is 1. The number of fused-ring (bicyclic) bond motifs is 1. The number of para-hydroxylation sites is 1. The van der Waals surface area contributed by atoms with Gasteiger partial charge in [-0.15, -0.1) is 11.3 Å². The van der Waals surface area contributed by atoms with Crippen LogP contribution in [0.3, 0.4) is 0 Å². The summed E-state index contributed by atoms with van der Waals surface area (Å²) in [6.45, 7) is -0.500. The second-order valence-electron chi connectivity index (χ2n) is 7.11. The smallest absolute Gasteiger partial charge is 0.274 e. The molecule has 4 rings (SSSR count). The summed E-state index contributed by atoms with van der Waals surface area (Å²) in [5.41, 5.74) is 2.09. The van der Waals surface area contributed by atoms with Gasteiger partial charge >= 0.3 is 0 Å². The van der Waals surface area contributed by atoms with Crippen molar-refractivity contribution in [3.8, 4) is 0 Å². The van der Waals surface area contributed by atoms with Crippen molar-refractivity contribution in [3.63, 3.8) is 0 Å². The van der Waals surface area contributed by atoms with E-state index in [9.17, 15) is 17.6 Å². The Morgan fingerprint density at radius 3 is 2.63 bits per heavy atom. The molecule has 1 aliphatic carbocycles. The van der Waals surface area contributed by atoms with Gasteiger partial charge in [-0.3, -0.25) is 9.10 Å². The zero-order valence-corrected chi connectivity index (χ0v) is 17.8. The van der Waals surface area contributed by atoms with E-state index in [4.69, 9.17) is 0 Å². The number of nitrogens with one attached hydrogen (secondary N) is 1. The normalized spacial score (nSPS) is 16.0. The summed E-state index contributed by atoms with van der Waals surface area (Å²) >= 11 is 1.03. The lowest BCUT2D eigenvalue weighted by atomic mass is 9.88. The third-order valence-corrected chi connectivity index (χ3v) is 8.29. The first kappa shape index (κ1) is 20.6. The Labute approximate surface area is 179 Å². The molecule has 30 heavy (non-hydrogen) atoms. The number of nitrogens with zero attached hydrogens (tertiary/aromatic N) is 1. The monoisotopic (exact) mass is 444 g/mol. The first-order valence-corrected chi connectivity index (χ1v) is 12.0. The van der Waals surface area contributed by atoms with Gasteiger partial charge in [0.1, 0.15) is 16.6 Å². The molecule has 2 aromatic carbocycles. The average Bonchev–Trinajstić information content (AvgIpc) is 3.29. The van der Waals surface area contributed by atoms with Gasteiger partial charge in [0.2, 0.25) is 5.91 Å². The number of hydrogen-bond donors (Lipinski definition) is 1. The predicted molar refractivity (Wildman–Crippen MR) is 116 cm³/mol. The van der Waals surface area contributed by atoms with E-state index in [1.165, 1.54) is 29.8 Å². The molecule has 0 saturated carbocycles. The van der Waals surface area contributed by atoms with E-state index in [1.807, 2.05) is 24.3 Å². The molecular formula is C22H21FN2O3S2.